The minimum Gasteiger partial charge on any atom is -0.324 e. The third-order valence-corrected chi connectivity index (χ3v) is 1.15. The molecule has 0 atom stereocenters. The Morgan fingerprint density at radius 3 is 1.18 bits per heavy atom. The molecule has 11 heavy (non-hydrogen) atoms. The average Bonchev–Trinajstić information content (AvgIpc) is 1.88. The first-order chi connectivity index (χ1) is 5.18. The van der Waals surface area contributed by atoms with Gasteiger partial charge < -0.3 is 19.0 Å². The zero-order chi connectivity index (χ0) is 8.85. The van der Waals surface area contributed by atoms with Crippen LogP contribution in [0.1, 0.15) is 20.8 Å². The predicted octanol–water partition coefficient (Wildman–Crippen LogP) is 0.903. The predicted molar refractivity (Wildman–Crippen MR) is 38.8 cm³/mol. The van der Waals surface area contributed by atoms with Gasteiger partial charge in [-0.1, -0.05) is 0 Å². The molecule has 1 heterocycles. The van der Waals surface area contributed by atoms with Gasteiger partial charge in [-0.3, -0.25) is 0 Å². The van der Waals surface area contributed by atoms with Crippen LogP contribution in [0.25, 0.3) is 0 Å². The topological polar surface area (TPSA) is 44.8 Å². The van der Waals surface area contributed by atoms with E-state index < -0.39 is 0 Å². The fraction of sp³-hybridized carbons (Fsp3) is 0.857. The van der Waals surface area contributed by atoms with E-state index in [1.165, 1.54) is 0 Å². The molecule has 0 saturated carbocycles. The van der Waals surface area contributed by atoms with Crippen molar-refractivity contribution in [1.82, 2.24) is 0 Å². The lowest BCUT2D eigenvalue weighted by Crippen LogP contribution is -2.35. The molecule has 0 aromatic rings. The molecule has 0 N–H and O–H groups in total. The van der Waals surface area contributed by atoms with Crippen LogP contribution < -0.4 is 0 Å². The van der Waals surface area contributed by atoms with E-state index in [2.05, 4.69) is 0 Å². The molecule has 1 aliphatic heterocycles. The summed E-state index contributed by atoms with van der Waals surface area (Å²) in [5, 5.41) is 0. The number of rotatable bonds is 0. The number of carbonyl (C=O) groups excluding carboxylic acids is 1. The highest BCUT2D eigenvalue weighted by Crippen LogP contribution is 2.13. The molecule has 0 aromatic carbocycles. The monoisotopic (exact) mass is 162 g/mol. The van der Waals surface area contributed by atoms with E-state index in [1.54, 1.807) is 0 Å². The van der Waals surface area contributed by atoms with Gasteiger partial charge >= 0.3 is 0 Å². The summed E-state index contributed by atoms with van der Waals surface area (Å²) in [7, 11) is 0. The molecular formula is C7H14O4. The van der Waals surface area contributed by atoms with Gasteiger partial charge in [0, 0.05) is 0 Å². The Bertz CT molecular complexity index is 81.6. The van der Waals surface area contributed by atoms with Crippen molar-refractivity contribution < 1.29 is 19.0 Å². The smallest absolute Gasteiger partial charge is 0.161 e. The fourth-order valence-corrected chi connectivity index (χ4v) is 0.906. The zero-order valence-electron chi connectivity index (χ0n) is 7.07. The van der Waals surface area contributed by atoms with Gasteiger partial charge in [-0.15, -0.1) is 0 Å². The Kier molecular flexibility index (Phi) is 5.02. The molecule has 66 valence electrons. The minimum absolute atomic E-state index is 0.135. The summed E-state index contributed by atoms with van der Waals surface area (Å²) < 4.78 is 15.3. The van der Waals surface area contributed by atoms with Crippen LogP contribution in [0, 0.1) is 0 Å². The van der Waals surface area contributed by atoms with Crippen LogP contribution >= 0.6 is 0 Å². The van der Waals surface area contributed by atoms with Gasteiger partial charge in [0.15, 0.2) is 18.9 Å². The van der Waals surface area contributed by atoms with E-state index in [9.17, 15) is 0 Å². The third kappa shape index (κ3) is 4.08. The molecule has 0 spiro atoms. The van der Waals surface area contributed by atoms with E-state index >= 15 is 0 Å². The Labute approximate surface area is 66.4 Å². The number of ether oxygens (including phenoxy) is 3. The molecule has 0 amide bonds. The van der Waals surface area contributed by atoms with Crippen molar-refractivity contribution in [3.63, 3.8) is 0 Å². The average molecular weight is 162 g/mol. The standard InChI is InChI=1S/C6H12O3.CH2O/c1-4-7-5(2)9-6(3)8-4;1-2/h4-6H,1-3H3;1H2. The maximum atomic E-state index is 8.00. The lowest BCUT2D eigenvalue weighted by molar-refractivity contribution is -0.367. The van der Waals surface area contributed by atoms with Crippen molar-refractivity contribution in [2.45, 2.75) is 39.6 Å². The van der Waals surface area contributed by atoms with Gasteiger partial charge in [0.05, 0.1) is 0 Å². The van der Waals surface area contributed by atoms with E-state index in [1.807, 2.05) is 27.6 Å². The zero-order valence-corrected chi connectivity index (χ0v) is 7.07. The Hall–Kier alpha value is -0.450. The quantitative estimate of drug-likeness (QED) is 0.531. The molecule has 1 aliphatic rings. The summed E-state index contributed by atoms with van der Waals surface area (Å²) in [6.45, 7) is 7.57. The van der Waals surface area contributed by atoms with E-state index in [0.717, 1.165) is 0 Å². The summed E-state index contributed by atoms with van der Waals surface area (Å²) in [6.07, 6.45) is -0.406. The molecule has 1 rings (SSSR count). The Morgan fingerprint density at radius 2 is 1.00 bits per heavy atom. The Morgan fingerprint density at radius 1 is 0.818 bits per heavy atom. The molecule has 4 heteroatoms. The van der Waals surface area contributed by atoms with Gasteiger partial charge in [-0.2, -0.15) is 0 Å². The van der Waals surface area contributed by atoms with E-state index in [4.69, 9.17) is 19.0 Å². The van der Waals surface area contributed by atoms with Crippen LogP contribution in [0.4, 0.5) is 0 Å². The van der Waals surface area contributed by atoms with E-state index in [-0.39, 0.29) is 18.9 Å². The largest absolute Gasteiger partial charge is 0.324 e. The highest BCUT2D eigenvalue weighted by Gasteiger charge is 2.20. The van der Waals surface area contributed by atoms with Crippen LogP contribution in [-0.2, 0) is 19.0 Å². The highest BCUT2D eigenvalue weighted by molar-refractivity contribution is 5.10. The van der Waals surface area contributed by atoms with Crippen molar-refractivity contribution in [3.05, 3.63) is 0 Å². The molecular weight excluding hydrogens is 148 g/mol. The van der Waals surface area contributed by atoms with Crippen LogP contribution in [0.2, 0.25) is 0 Å². The summed E-state index contributed by atoms with van der Waals surface area (Å²) in [5.74, 6) is 0. The van der Waals surface area contributed by atoms with Crippen molar-refractivity contribution in [1.29, 1.82) is 0 Å². The number of hydrogen-bond donors (Lipinski definition) is 0. The van der Waals surface area contributed by atoms with Crippen molar-refractivity contribution in [3.8, 4) is 0 Å². The van der Waals surface area contributed by atoms with Gasteiger partial charge in [0.2, 0.25) is 0 Å². The number of carbonyl (C=O) groups is 1. The van der Waals surface area contributed by atoms with Crippen molar-refractivity contribution in [2.24, 2.45) is 0 Å². The van der Waals surface area contributed by atoms with E-state index in [0.29, 0.717) is 0 Å². The fourth-order valence-electron chi connectivity index (χ4n) is 0.906. The van der Waals surface area contributed by atoms with Crippen molar-refractivity contribution in [2.75, 3.05) is 0 Å². The lowest BCUT2D eigenvalue weighted by atomic mass is 10.6. The first-order valence-electron chi connectivity index (χ1n) is 3.43. The maximum Gasteiger partial charge on any atom is 0.161 e. The summed E-state index contributed by atoms with van der Waals surface area (Å²) in [5.41, 5.74) is 0. The second kappa shape index (κ2) is 5.23. The van der Waals surface area contributed by atoms with Crippen LogP contribution in [0.5, 0.6) is 0 Å². The molecule has 1 saturated heterocycles. The summed E-state index contributed by atoms with van der Waals surface area (Å²) >= 11 is 0. The third-order valence-electron chi connectivity index (χ3n) is 1.15. The first kappa shape index (κ1) is 10.6. The van der Waals surface area contributed by atoms with Crippen LogP contribution in [-0.4, -0.2) is 25.7 Å². The van der Waals surface area contributed by atoms with Gasteiger partial charge in [-0.05, 0) is 20.8 Å². The normalized spacial score (nSPS) is 37.2. The van der Waals surface area contributed by atoms with Crippen LogP contribution in [0.15, 0.2) is 0 Å². The second-order valence-corrected chi connectivity index (χ2v) is 2.11. The maximum absolute atomic E-state index is 8.00. The number of hydrogen-bond acceptors (Lipinski definition) is 4. The Balaban J connectivity index is 0.000000461. The SMILES string of the molecule is C=O.CC1OC(C)OC(C)O1. The van der Waals surface area contributed by atoms with Gasteiger partial charge in [0.1, 0.15) is 6.79 Å². The lowest BCUT2D eigenvalue weighted by Gasteiger charge is -2.30. The molecule has 0 unspecified atom stereocenters. The first-order valence-corrected chi connectivity index (χ1v) is 3.43. The molecule has 1 fully saturated rings. The molecule has 0 bridgehead atoms. The molecule has 0 radical (unpaired) electrons. The molecule has 0 aromatic heterocycles. The summed E-state index contributed by atoms with van der Waals surface area (Å²) in [4.78, 5) is 8.00. The molecule has 4 nitrogen and oxygen atoms in total. The van der Waals surface area contributed by atoms with Gasteiger partial charge in [-0.25, -0.2) is 0 Å². The summed E-state index contributed by atoms with van der Waals surface area (Å²) in [6, 6.07) is 0. The van der Waals surface area contributed by atoms with Crippen molar-refractivity contribution >= 4 is 6.79 Å². The minimum atomic E-state index is -0.135. The van der Waals surface area contributed by atoms with Crippen LogP contribution in [0.3, 0.4) is 0 Å². The highest BCUT2D eigenvalue weighted by atomic mass is 16.9. The van der Waals surface area contributed by atoms with Gasteiger partial charge in [0.25, 0.3) is 0 Å². The second-order valence-electron chi connectivity index (χ2n) is 2.11. The molecule has 0 aliphatic carbocycles.